The van der Waals surface area contributed by atoms with E-state index in [0.29, 0.717) is 19.0 Å². The lowest BCUT2D eigenvalue weighted by atomic mass is 9.85. The number of hydrogen-bond acceptors (Lipinski definition) is 6. The number of nitrogens with one attached hydrogen (secondary N) is 1. The second-order valence-corrected chi connectivity index (χ2v) is 8.16. The molecule has 28 heavy (non-hydrogen) atoms. The summed E-state index contributed by atoms with van der Waals surface area (Å²) in [5.74, 6) is 2.68. The molecule has 6 nitrogen and oxygen atoms in total. The fraction of sp³-hybridized carbons (Fsp3) is 0.476. The molecule has 2 aromatic rings. The van der Waals surface area contributed by atoms with Crippen molar-refractivity contribution in [2.24, 2.45) is 0 Å². The normalized spacial score (nSPS) is 18.5. The molecule has 1 aromatic carbocycles. The van der Waals surface area contributed by atoms with Gasteiger partial charge in [-0.3, -0.25) is 4.79 Å². The first-order valence-corrected chi connectivity index (χ1v) is 11.1. The van der Waals surface area contributed by atoms with Crippen molar-refractivity contribution in [1.29, 1.82) is 0 Å². The monoisotopic (exact) mass is 398 g/mol. The predicted octanol–water partition coefficient (Wildman–Crippen LogP) is 4.59. The third kappa shape index (κ3) is 3.55. The first-order chi connectivity index (χ1) is 13.7. The topological polar surface area (TPSA) is 69.0 Å². The molecule has 1 N–H and O–H groups in total. The van der Waals surface area contributed by atoms with Crippen molar-refractivity contribution in [3.63, 3.8) is 0 Å². The number of para-hydroxylation sites is 1. The van der Waals surface area contributed by atoms with E-state index >= 15 is 0 Å². The van der Waals surface area contributed by atoms with Gasteiger partial charge >= 0.3 is 0 Å². The number of ether oxygens (including phenoxy) is 1. The lowest BCUT2D eigenvalue weighted by molar-refractivity contribution is -0.116. The van der Waals surface area contributed by atoms with Gasteiger partial charge in [0.2, 0.25) is 11.1 Å². The number of allylic oxidation sites excluding steroid dienone is 2. The highest BCUT2D eigenvalue weighted by Crippen LogP contribution is 2.43. The van der Waals surface area contributed by atoms with Crippen LogP contribution in [-0.4, -0.2) is 32.9 Å². The van der Waals surface area contributed by atoms with Crippen LogP contribution in [0.2, 0.25) is 0 Å². The Hall–Kier alpha value is -2.28. The Bertz CT molecular complexity index is 906. The van der Waals surface area contributed by atoms with E-state index < -0.39 is 0 Å². The van der Waals surface area contributed by atoms with Crippen LogP contribution in [0, 0.1) is 0 Å². The number of anilines is 1. The van der Waals surface area contributed by atoms with Crippen LogP contribution in [0.15, 0.2) is 40.7 Å². The molecule has 0 bridgehead atoms. The number of benzene rings is 1. The van der Waals surface area contributed by atoms with Crippen LogP contribution in [-0.2, 0) is 4.79 Å². The number of aromatic nitrogens is 3. The van der Waals surface area contributed by atoms with Crippen LogP contribution >= 0.6 is 11.8 Å². The molecule has 0 radical (unpaired) electrons. The van der Waals surface area contributed by atoms with Crippen molar-refractivity contribution in [2.45, 2.75) is 57.1 Å². The molecule has 2 aliphatic rings. The number of carbonyl (C=O) groups excluding carboxylic acids is 1. The van der Waals surface area contributed by atoms with E-state index in [-0.39, 0.29) is 11.8 Å². The minimum absolute atomic E-state index is 0.188. The molecule has 0 spiro atoms. The smallest absolute Gasteiger partial charge is 0.227 e. The van der Waals surface area contributed by atoms with Crippen molar-refractivity contribution in [3.05, 3.63) is 41.1 Å². The zero-order valence-electron chi connectivity index (χ0n) is 16.4. The van der Waals surface area contributed by atoms with Crippen LogP contribution in [0.25, 0.3) is 0 Å². The van der Waals surface area contributed by atoms with E-state index in [1.54, 1.807) is 11.8 Å². The molecule has 0 amide bonds. The van der Waals surface area contributed by atoms with Crippen LogP contribution < -0.4 is 10.1 Å². The summed E-state index contributed by atoms with van der Waals surface area (Å²) in [5, 5.41) is 8.88. The molecule has 0 saturated carbocycles. The zero-order chi connectivity index (χ0) is 19.5. The molecule has 0 fully saturated rings. The molecule has 148 valence electrons. The summed E-state index contributed by atoms with van der Waals surface area (Å²) in [4.78, 5) is 17.6. The third-order valence-corrected chi connectivity index (χ3v) is 6.00. The van der Waals surface area contributed by atoms with E-state index in [2.05, 4.69) is 24.1 Å². The average Bonchev–Trinajstić information content (AvgIpc) is 3.12. The van der Waals surface area contributed by atoms with E-state index in [1.807, 2.05) is 28.9 Å². The van der Waals surface area contributed by atoms with Gasteiger partial charge in [0, 0.05) is 29.0 Å². The first-order valence-electron chi connectivity index (χ1n) is 10.1. The van der Waals surface area contributed by atoms with Crippen LogP contribution in [0.1, 0.15) is 57.6 Å². The molecule has 1 unspecified atom stereocenters. The predicted molar refractivity (Wildman–Crippen MR) is 111 cm³/mol. The van der Waals surface area contributed by atoms with Crippen LogP contribution in [0.4, 0.5) is 5.95 Å². The Morgan fingerprint density at radius 2 is 2.11 bits per heavy atom. The van der Waals surface area contributed by atoms with Gasteiger partial charge in [-0.25, -0.2) is 4.68 Å². The number of thioether (sulfide) groups is 1. The van der Waals surface area contributed by atoms with Crippen molar-refractivity contribution >= 4 is 23.5 Å². The quantitative estimate of drug-likeness (QED) is 0.688. The van der Waals surface area contributed by atoms with Gasteiger partial charge < -0.3 is 10.1 Å². The standard InChI is InChI=1S/C21H26N4O2S/c1-3-12-27-17-11-6-5-8-14(17)19-18-15(9-7-10-16(18)26)22-20-23-21(24-25(19)20)28-13-4-2/h5-6,8,11,19H,3-4,7,9-10,12-13H2,1-2H3,(H,22,23,24). The second-order valence-electron chi connectivity index (χ2n) is 7.09. The maximum atomic E-state index is 12.9. The van der Waals surface area contributed by atoms with Gasteiger partial charge in [-0.05, 0) is 31.7 Å². The highest BCUT2D eigenvalue weighted by Gasteiger charge is 2.38. The summed E-state index contributed by atoms with van der Waals surface area (Å²) >= 11 is 1.65. The van der Waals surface area contributed by atoms with Gasteiger partial charge in [0.15, 0.2) is 5.78 Å². The van der Waals surface area contributed by atoms with Crippen LogP contribution in [0.3, 0.4) is 0 Å². The summed E-state index contributed by atoms with van der Waals surface area (Å²) in [7, 11) is 0. The van der Waals surface area contributed by atoms with Gasteiger partial charge in [-0.1, -0.05) is 43.8 Å². The van der Waals surface area contributed by atoms with E-state index in [0.717, 1.165) is 59.2 Å². The lowest BCUT2D eigenvalue weighted by Crippen LogP contribution is -2.31. The molecule has 2 heterocycles. The summed E-state index contributed by atoms with van der Waals surface area (Å²) in [6, 6.07) is 7.68. The molecule has 1 aromatic heterocycles. The molecular weight excluding hydrogens is 372 g/mol. The number of fused-ring (bicyclic) bond motifs is 1. The van der Waals surface area contributed by atoms with Crippen molar-refractivity contribution in [1.82, 2.24) is 14.8 Å². The number of hydrogen-bond donors (Lipinski definition) is 1. The first kappa shape index (κ1) is 19.1. The van der Waals surface area contributed by atoms with E-state index in [4.69, 9.17) is 9.84 Å². The van der Waals surface area contributed by atoms with Gasteiger partial charge in [0.05, 0.1) is 6.61 Å². The Labute approximate surface area is 169 Å². The molecule has 4 rings (SSSR count). The number of ketones is 1. The number of rotatable bonds is 7. The SMILES string of the molecule is CCCOc1ccccc1C1C2=C(CCCC2=O)Nc2nc(SCCC)nn21. The minimum Gasteiger partial charge on any atom is -0.493 e. The number of Topliss-reactive ketones (excluding diaryl/α,β-unsaturated/α-hetero) is 1. The fourth-order valence-corrected chi connectivity index (χ4v) is 4.41. The van der Waals surface area contributed by atoms with E-state index in [9.17, 15) is 4.79 Å². The molecule has 1 aliphatic heterocycles. The van der Waals surface area contributed by atoms with E-state index in [1.165, 1.54) is 0 Å². The fourth-order valence-electron chi connectivity index (χ4n) is 3.73. The summed E-state index contributed by atoms with van der Waals surface area (Å²) < 4.78 is 7.89. The molecule has 1 atom stereocenters. The maximum Gasteiger partial charge on any atom is 0.227 e. The maximum absolute atomic E-state index is 12.9. The minimum atomic E-state index is -0.296. The third-order valence-electron chi connectivity index (χ3n) is 4.96. The highest BCUT2D eigenvalue weighted by atomic mass is 32.2. The highest BCUT2D eigenvalue weighted by molar-refractivity contribution is 7.99. The Balaban J connectivity index is 1.82. The molecule has 0 saturated heterocycles. The van der Waals surface area contributed by atoms with Gasteiger partial charge in [-0.15, -0.1) is 5.10 Å². The van der Waals surface area contributed by atoms with Crippen molar-refractivity contribution in [3.8, 4) is 5.75 Å². The average molecular weight is 399 g/mol. The Morgan fingerprint density at radius 1 is 1.25 bits per heavy atom. The largest absolute Gasteiger partial charge is 0.493 e. The van der Waals surface area contributed by atoms with Gasteiger partial charge in [0.1, 0.15) is 11.8 Å². The van der Waals surface area contributed by atoms with Crippen molar-refractivity contribution < 1.29 is 9.53 Å². The lowest BCUT2D eigenvalue weighted by Gasteiger charge is -2.32. The van der Waals surface area contributed by atoms with Gasteiger partial charge in [0.25, 0.3) is 0 Å². The summed E-state index contributed by atoms with van der Waals surface area (Å²) in [5.41, 5.74) is 2.76. The van der Waals surface area contributed by atoms with Crippen molar-refractivity contribution in [2.75, 3.05) is 17.7 Å². The Morgan fingerprint density at radius 3 is 2.93 bits per heavy atom. The molecular formula is C21H26N4O2S. The second kappa shape index (κ2) is 8.39. The van der Waals surface area contributed by atoms with Crippen LogP contribution in [0.5, 0.6) is 5.75 Å². The Kier molecular flexibility index (Phi) is 5.71. The zero-order valence-corrected chi connectivity index (χ0v) is 17.2. The molecule has 7 heteroatoms. The van der Waals surface area contributed by atoms with Gasteiger partial charge in [-0.2, -0.15) is 4.98 Å². The number of nitrogens with zero attached hydrogens (tertiary/aromatic N) is 3. The summed E-state index contributed by atoms with van der Waals surface area (Å²) in [6.45, 7) is 4.87. The summed E-state index contributed by atoms with van der Waals surface area (Å²) in [6.07, 6.45) is 4.30. The number of carbonyl (C=O) groups is 1. The molecule has 1 aliphatic carbocycles.